The third kappa shape index (κ3) is 1.97. The molecule has 2 rings (SSSR count). The van der Waals surface area contributed by atoms with Crippen LogP contribution in [-0.2, 0) is 0 Å². The van der Waals surface area contributed by atoms with E-state index in [9.17, 15) is 5.11 Å². The third-order valence-corrected chi connectivity index (χ3v) is 5.78. The van der Waals surface area contributed by atoms with Crippen molar-refractivity contribution >= 4 is 0 Å². The molecule has 0 saturated heterocycles. The fourth-order valence-electron chi connectivity index (χ4n) is 4.28. The van der Waals surface area contributed by atoms with Crippen LogP contribution in [0.3, 0.4) is 0 Å². The minimum absolute atomic E-state index is 0.324. The van der Waals surface area contributed by atoms with E-state index in [1.54, 1.807) is 0 Å². The van der Waals surface area contributed by atoms with Gasteiger partial charge in [-0.3, -0.25) is 0 Å². The number of allylic oxidation sites excluding steroid dienone is 1. The molecule has 2 aliphatic rings. The average Bonchev–Trinajstić information content (AvgIpc) is 2.57. The Kier molecular flexibility index (Phi) is 3.18. The second kappa shape index (κ2) is 4.12. The van der Waals surface area contributed by atoms with Gasteiger partial charge in [0.1, 0.15) is 0 Å². The van der Waals surface area contributed by atoms with Crippen LogP contribution < -0.4 is 0 Å². The van der Waals surface area contributed by atoms with Gasteiger partial charge in [0.2, 0.25) is 0 Å². The van der Waals surface area contributed by atoms with Crippen molar-refractivity contribution < 1.29 is 5.11 Å². The van der Waals surface area contributed by atoms with Crippen molar-refractivity contribution in [2.24, 2.45) is 23.2 Å². The van der Waals surface area contributed by atoms with E-state index in [2.05, 4.69) is 27.4 Å². The van der Waals surface area contributed by atoms with E-state index in [-0.39, 0.29) is 0 Å². The molecule has 0 aliphatic heterocycles. The van der Waals surface area contributed by atoms with Gasteiger partial charge in [-0.2, -0.15) is 0 Å². The Bertz CT molecular complexity index is 315. The molecule has 0 aromatic rings. The highest BCUT2D eigenvalue weighted by Gasteiger charge is 2.53. The summed E-state index contributed by atoms with van der Waals surface area (Å²) in [6.07, 6.45) is 6.23. The van der Waals surface area contributed by atoms with Crippen molar-refractivity contribution in [2.45, 2.75) is 65.4 Å². The Morgan fingerprint density at radius 2 is 2.06 bits per heavy atom. The zero-order valence-electron chi connectivity index (χ0n) is 11.9. The van der Waals surface area contributed by atoms with Gasteiger partial charge in [0.15, 0.2) is 0 Å². The fourth-order valence-corrected chi connectivity index (χ4v) is 4.28. The van der Waals surface area contributed by atoms with Crippen LogP contribution in [0.1, 0.15) is 59.8 Å². The summed E-state index contributed by atoms with van der Waals surface area (Å²) >= 11 is 0. The maximum atomic E-state index is 10.8. The van der Waals surface area contributed by atoms with Crippen LogP contribution in [0.2, 0.25) is 0 Å². The Labute approximate surface area is 106 Å². The zero-order chi connectivity index (χ0) is 12.8. The van der Waals surface area contributed by atoms with Crippen molar-refractivity contribution in [1.29, 1.82) is 0 Å². The second-order valence-corrected chi connectivity index (χ2v) is 7.17. The number of aliphatic hydroxyl groups is 1. The first kappa shape index (κ1) is 13.1. The highest BCUT2D eigenvalue weighted by Crippen LogP contribution is 2.59. The maximum Gasteiger partial charge on any atom is 0.0676 e. The Balaban J connectivity index is 2.30. The molecule has 17 heavy (non-hydrogen) atoms. The van der Waals surface area contributed by atoms with Crippen LogP contribution in [0.15, 0.2) is 12.2 Å². The van der Waals surface area contributed by atoms with E-state index < -0.39 is 5.60 Å². The minimum Gasteiger partial charge on any atom is -0.390 e. The quantitative estimate of drug-likeness (QED) is 0.714. The predicted molar refractivity (Wildman–Crippen MR) is 72.8 cm³/mol. The molecule has 0 heterocycles. The van der Waals surface area contributed by atoms with Crippen LogP contribution in [0, 0.1) is 23.2 Å². The molecule has 0 aromatic carbocycles. The van der Waals surface area contributed by atoms with Gasteiger partial charge < -0.3 is 5.11 Å². The number of hydrogen-bond donors (Lipinski definition) is 1. The molecule has 2 fully saturated rings. The first-order valence-corrected chi connectivity index (χ1v) is 7.19. The molecule has 0 radical (unpaired) electrons. The predicted octanol–water partition coefficient (Wildman–Crippen LogP) is 4.17. The minimum atomic E-state index is -0.539. The molecule has 0 spiro atoms. The molecule has 1 unspecified atom stereocenters. The van der Waals surface area contributed by atoms with Crippen LogP contribution in [0.4, 0.5) is 0 Å². The monoisotopic (exact) mass is 236 g/mol. The number of fused-ring (bicyclic) bond motifs is 1. The van der Waals surface area contributed by atoms with E-state index in [1.165, 1.54) is 37.7 Å². The molecule has 2 aliphatic carbocycles. The van der Waals surface area contributed by atoms with E-state index in [0.29, 0.717) is 23.2 Å². The van der Waals surface area contributed by atoms with Crippen molar-refractivity contribution in [3.05, 3.63) is 12.2 Å². The van der Waals surface area contributed by atoms with Gasteiger partial charge in [0, 0.05) is 0 Å². The van der Waals surface area contributed by atoms with Crippen molar-refractivity contribution in [3.8, 4) is 0 Å². The van der Waals surface area contributed by atoms with Crippen LogP contribution >= 0.6 is 0 Å². The van der Waals surface area contributed by atoms with E-state index >= 15 is 0 Å². The standard InChI is InChI=1S/C16H28O/c1-11(2)16(5,17)13-8-10-15(4)9-6-7-12(3)14(13)15/h11,13-14,17H,3,6-10H2,1-2,4-5H3/t13-,14+,15?,16-/m0/s1. The molecular weight excluding hydrogens is 208 g/mol. The topological polar surface area (TPSA) is 20.2 Å². The molecular formula is C16H28O. The van der Waals surface area contributed by atoms with Gasteiger partial charge in [-0.1, -0.05) is 32.9 Å². The summed E-state index contributed by atoms with van der Waals surface area (Å²) in [7, 11) is 0. The first-order chi connectivity index (χ1) is 7.79. The lowest BCUT2D eigenvalue weighted by Crippen LogP contribution is -2.45. The smallest absolute Gasteiger partial charge is 0.0676 e. The molecule has 0 aromatic heterocycles. The average molecular weight is 236 g/mol. The van der Waals surface area contributed by atoms with E-state index in [0.717, 1.165) is 0 Å². The number of hydrogen-bond acceptors (Lipinski definition) is 1. The van der Waals surface area contributed by atoms with E-state index in [4.69, 9.17) is 0 Å². The van der Waals surface area contributed by atoms with E-state index in [1.807, 2.05) is 6.92 Å². The van der Waals surface area contributed by atoms with Crippen molar-refractivity contribution in [1.82, 2.24) is 0 Å². The van der Waals surface area contributed by atoms with Crippen molar-refractivity contribution in [3.63, 3.8) is 0 Å². The van der Waals surface area contributed by atoms with Gasteiger partial charge in [0.25, 0.3) is 0 Å². The van der Waals surface area contributed by atoms with Crippen molar-refractivity contribution in [2.75, 3.05) is 0 Å². The molecule has 1 N–H and O–H groups in total. The summed E-state index contributed by atoms with van der Waals surface area (Å²) in [6.45, 7) is 13.0. The molecule has 0 bridgehead atoms. The largest absolute Gasteiger partial charge is 0.390 e. The highest BCUT2D eigenvalue weighted by molar-refractivity contribution is 5.18. The summed E-state index contributed by atoms with van der Waals surface area (Å²) in [5.41, 5.74) is 1.28. The summed E-state index contributed by atoms with van der Waals surface area (Å²) in [4.78, 5) is 0. The zero-order valence-corrected chi connectivity index (χ0v) is 11.9. The number of rotatable bonds is 2. The normalized spacial score (nSPS) is 41.4. The van der Waals surface area contributed by atoms with Gasteiger partial charge in [-0.05, 0) is 62.2 Å². The van der Waals surface area contributed by atoms with Gasteiger partial charge in [-0.25, -0.2) is 0 Å². The maximum absolute atomic E-state index is 10.8. The summed E-state index contributed by atoms with van der Waals surface area (Å²) < 4.78 is 0. The van der Waals surface area contributed by atoms with Crippen LogP contribution in [-0.4, -0.2) is 10.7 Å². The lowest BCUT2D eigenvalue weighted by molar-refractivity contribution is -0.0615. The lowest BCUT2D eigenvalue weighted by atomic mass is 9.62. The summed E-state index contributed by atoms with van der Waals surface area (Å²) in [5.74, 6) is 1.29. The van der Waals surface area contributed by atoms with Gasteiger partial charge in [0.05, 0.1) is 5.60 Å². The van der Waals surface area contributed by atoms with Crippen LogP contribution in [0.5, 0.6) is 0 Å². The molecule has 1 nitrogen and oxygen atoms in total. The Hall–Kier alpha value is -0.300. The molecule has 98 valence electrons. The van der Waals surface area contributed by atoms with Gasteiger partial charge >= 0.3 is 0 Å². The second-order valence-electron chi connectivity index (χ2n) is 7.17. The molecule has 2 saturated carbocycles. The Morgan fingerprint density at radius 3 is 2.65 bits per heavy atom. The third-order valence-electron chi connectivity index (χ3n) is 5.78. The fraction of sp³-hybridized carbons (Fsp3) is 0.875. The first-order valence-electron chi connectivity index (χ1n) is 7.19. The molecule has 1 heteroatoms. The SMILES string of the molecule is C=C1CCCC2(C)CC[C@H]([C@@](C)(O)C(C)C)[C@@H]12. The highest BCUT2D eigenvalue weighted by atomic mass is 16.3. The van der Waals surface area contributed by atoms with Crippen LogP contribution in [0.25, 0.3) is 0 Å². The summed E-state index contributed by atoms with van der Waals surface area (Å²) in [6, 6.07) is 0. The lowest BCUT2D eigenvalue weighted by Gasteiger charge is -2.45. The summed E-state index contributed by atoms with van der Waals surface area (Å²) in [5, 5.41) is 10.8. The van der Waals surface area contributed by atoms with Gasteiger partial charge in [-0.15, -0.1) is 0 Å². The molecule has 4 atom stereocenters. The Morgan fingerprint density at radius 1 is 1.41 bits per heavy atom. The molecule has 0 amide bonds.